The molecule has 0 radical (unpaired) electrons. The summed E-state index contributed by atoms with van der Waals surface area (Å²) in [6.07, 6.45) is 2.86. The summed E-state index contributed by atoms with van der Waals surface area (Å²) in [5.41, 5.74) is 1.33. The van der Waals surface area contributed by atoms with Crippen LogP contribution in [0.3, 0.4) is 0 Å². The number of hydrogen-bond donors (Lipinski definition) is 1. The zero-order chi connectivity index (χ0) is 16.5. The van der Waals surface area contributed by atoms with Gasteiger partial charge in [-0.3, -0.25) is 9.79 Å². The van der Waals surface area contributed by atoms with Crippen LogP contribution in [0.2, 0.25) is 0 Å². The van der Waals surface area contributed by atoms with Gasteiger partial charge >= 0.3 is 5.97 Å². The quantitative estimate of drug-likeness (QED) is 0.304. The molecule has 1 aliphatic rings. The van der Waals surface area contributed by atoms with E-state index in [1.165, 1.54) is 5.56 Å². The number of nitrogens with zero attached hydrogens (tertiary/aromatic N) is 2. The monoisotopic (exact) mass is 465 g/mol. The number of piperidine rings is 1. The van der Waals surface area contributed by atoms with E-state index in [2.05, 4.69) is 34.0 Å². The molecule has 0 spiro atoms. The first-order chi connectivity index (χ1) is 11.2. The van der Waals surface area contributed by atoms with E-state index in [1.54, 1.807) is 11.3 Å². The molecular weight excluding hydrogens is 437 g/mol. The summed E-state index contributed by atoms with van der Waals surface area (Å²) in [5, 5.41) is 7.61. The highest BCUT2D eigenvalue weighted by molar-refractivity contribution is 14.0. The van der Waals surface area contributed by atoms with Crippen molar-refractivity contribution in [3.63, 3.8) is 0 Å². The maximum atomic E-state index is 12.0. The van der Waals surface area contributed by atoms with Crippen molar-refractivity contribution < 1.29 is 9.53 Å². The molecule has 2 heterocycles. The van der Waals surface area contributed by atoms with Gasteiger partial charge in [-0.1, -0.05) is 0 Å². The number of guanidine groups is 1. The summed E-state index contributed by atoms with van der Waals surface area (Å²) >= 11 is 1.72. The maximum Gasteiger partial charge on any atom is 0.310 e. The maximum absolute atomic E-state index is 12.0. The van der Waals surface area contributed by atoms with E-state index in [0.717, 1.165) is 44.9 Å². The third kappa shape index (κ3) is 6.58. The highest BCUT2D eigenvalue weighted by Gasteiger charge is 2.28. The first kappa shape index (κ1) is 21.2. The number of rotatable bonds is 6. The van der Waals surface area contributed by atoms with Gasteiger partial charge in [0.2, 0.25) is 0 Å². The van der Waals surface area contributed by atoms with Gasteiger partial charge in [0.25, 0.3) is 0 Å². The molecule has 1 aromatic rings. The van der Waals surface area contributed by atoms with Crippen molar-refractivity contribution in [3.8, 4) is 0 Å². The van der Waals surface area contributed by atoms with Gasteiger partial charge in [-0.15, -0.1) is 24.0 Å². The Morgan fingerprint density at radius 2 is 2.33 bits per heavy atom. The Kier molecular flexibility index (Phi) is 10.3. The summed E-state index contributed by atoms with van der Waals surface area (Å²) in [6.45, 7) is 7.61. The smallest absolute Gasteiger partial charge is 0.310 e. The normalized spacial score (nSPS) is 18.0. The summed E-state index contributed by atoms with van der Waals surface area (Å²) in [7, 11) is 0. The minimum absolute atomic E-state index is 0. The van der Waals surface area contributed by atoms with E-state index in [9.17, 15) is 4.79 Å². The largest absolute Gasteiger partial charge is 0.466 e. The van der Waals surface area contributed by atoms with Crippen molar-refractivity contribution >= 4 is 47.2 Å². The van der Waals surface area contributed by atoms with E-state index in [0.29, 0.717) is 13.2 Å². The molecular formula is C17H28IN3O2S. The molecule has 0 bridgehead atoms. The first-order valence-electron chi connectivity index (χ1n) is 8.45. The van der Waals surface area contributed by atoms with Gasteiger partial charge in [0.05, 0.1) is 12.5 Å². The van der Waals surface area contributed by atoms with Crippen molar-refractivity contribution in [2.75, 3.05) is 32.8 Å². The van der Waals surface area contributed by atoms with Gasteiger partial charge in [-0.2, -0.15) is 11.3 Å². The number of ether oxygens (including phenoxy) is 1. The molecule has 1 saturated heterocycles. The van der Waals surface area contributed by atoms with Crippen LogP contribution in [0.25, 0.3) is 0 Å². The lowest BCUT2D eigenvalue weighted by Crippen LogP contribution is -2.48. The summed E-state index contributed by atoms with van der Waals surface area (Å²) in [5.74, 6) is 0.799. The van der Waals surface area contributed by atoms with E-state index in [4.69, 9.17) is 9.73 Å². The highest BCUT2D eigenvalue weighted by atomic mass is 127. The van der Waals surface area contributed by atoms with Gasteiger partial charge in [-0.05, 0) is 55.5 Å². The van der Waals surface area contributed by atoms with Crippen LogP contribution < -0.4 is 5.32 Å². The van der Waals surface area contributed by atoms with Crippen molar-refractivity contribution in [2.24, 2.45) is 10.9 Å². The lowest BCUT2D eigenvalue weighted by Gasteiger charge is -2.34. The molecule has 1 fully saturated rings. The fourth-order valence-electron chi connectivity index (χ4n) is 2.77. The van der Waals surface area contributed by atoms with Crippen molar-refractivity contribution in [2.45, 2.75) is 33.1 Å². The zero-order valence-corrected chi connectivity index (χ0v) is 17.6. The summed E-state index contributed by atoms with van der Waals surface area (Å²) in [4.78, 5) is 18.9. The molecule has 0 aliphatic carbocycles. The Morgan fingerprint density at radius 1 is 1.50 bits per heavy atom. The average molecular weight is 465 g/mol. The molecule has 136 valence electrons. The number of carbonyl (C=O) groups is 1. The van der Waals surface area contributed by atoms with E-state index >= 15 is 0 Å². The summed E-state index contributed by atoms with van der Waals surface area (Å²) < 4.78 is 5.17. The minimum Gasteiger partial charge on any atom is -0.466 e. The molecule has 0 saturated carbocycles. The van der Waals surface area contributed by atoms with Crippen molar-refractivity contribution in [3.05, 3.63) is 22.4 Å². The number of esters is 1. The highest BCUT2D eigenvalue weighted by Crippen LogP contribution is 2.18. The Bertz CT molecular complexity index is 508. The molecule has 1 aromatic heterocycles. The van der Waals surface area contributed by atoms with Crippen molar-refractivity contribution in [1.29, 1.82) is 0 Å². The van der Waals surface area contributed by atoms with Crippen LogP contribution in [0.4, 0.5) is 0 Å². The minimum atomic E-state index is -0.0775. The molecule has 1 aliphatic heterocycles. The lowest BCUT2D eigenvalue weighted by atomic mass is 9.98. The Balaban J connectivity index is 0.00000288. The molecule has 2 rings (SSSR count). The van der Waals surface area contributed by atoms with Crippen LogP contribution in [-0.4, -0.2) is 49.6 Å². The lowest BCUT2D eigenvalue weighted by molar-refractivity contribution is -0.149. The summed E-state index contributed by atoms with van der Waals surface area (Å²) in [6, 6.07) is 2.14. The second-order valence-electron chi connectivity index (χ2n) is 5.65. The van der Waals surface area contributed by atoms with Crippen LogP contribution in [0.15, 0.2) is 21.8 Å². The third-order valence-electron chi connectivity index (χ3n) is 3.92. The fourth-order valence-corrected chi connectivity index (χ4v) is 3.48. The van der Waals surface area contributed by atoms with Gasteiger partial charge in [-0.25, -0.2) is 0 Å². The van der Waals surface area contributed by atoms with Crippen LogP contribution in [0.1, 0.15) is 32.3 Å². The van der Waals surface area contributed by atoms with Gasteiger partial charge in [0.15, 0.2) is 5.96 Å². The van der Waals surface area contributed by atoms with E-state index < -0.39 is 0 Å². The predicted octanol–water partition coefficient (Wildman–Crippen LogP) is 3.15. The number of hydrogen-bond acceptors (Lipinski definition) is 4. The molecule has 7 heteroatoms. The predicted molar refractivity (Wildman–Crippen MR) is 110 cm³/mol. The molecule has 0 amide bonds. The average Bonchev–Trinajstić information content (AvgIpc) is 3.08. The van der Waals surface area contributed by atoms with Crippen LogP contribution in [-0.2, 0) is 16.0 Å². The molecule has 1 N–H and O–H groups in total. The van der Waals surface area contributed by atoms with Gasteiger partial charge in [0, 0.05) is 26.2 Å². The second kappa shape index (κ2) is 11.7. The van der Waals surface area contributed by atoms with E-state index in [-0.39, 0.29) is 35.9 Å². The number of likely N-dealkylation sites (tertiary alicyclic amines) is 1. The van der Waals surface area contributed by atoms with Crippen molar-refractivity contribution in [1.82, 2.24) is 10.2 Å². The number of halogens is 1. The fraction of sp³-hybridized carbons (Fsp3) is 0.647. The molecule has 5 nitrogen and oxygen atoms in total. The number of carbonyl (C=O) groups excluding carboxylic acids is 1. The Hall–Kier alpha value is -0.830. The van der Waals surface area contributed by atoms with Crippen LogP contribution in [0.5, 0.6) is 0 Å². The molecule has 0 unspecified atom stereocenters. The molecule has 1 atom stereocenters. The molecule has 0 aromatic carbocycles. The standard InChI is InChI=1S/C17H27N3O2S.HI/c1-3-18-17(19-9-7-14-8-11-23-13-14)20-10-5-6-15(12-20)16(21)22-4-2;/h8,11,13,15H,3-7,9-10,12H2,1-2H3,(H,18,19);1H/t15-;/m1./s1. The van der Waals surface area contributed by atoms with Crippen LogP contribution in [0, 0.1) is 5.92 Å². The Morgan fingerprint density at radius 3 is 3.00 bits per heavy atom. The number of aliphatic imine (C=N–C) groups is 1. The van der Waals surface area contributed by atoms with Gasteiger partial charge < -0.3 is 15.0 Å². The Labute approximate surface area is 165 Å². The third-order valence-corrected chi connectivity index (χ3v) is 4.65. The molecule has 24 heavy (non-hydrogen) atoms. The number of thiophene rings is 1. The second-order valence-corrected chi connectivity index (χ2v) is 6.43. The van der Waals surface area contributed by atoms with Crippen LogP contribution >= 0.6 is 35.3 Å². The SMILES string of the molecule is CCNC(=NCCc1ccsc1)N1CCC[C@@H](C(=O)OCC)C1.I. The zero-order valence-electron chi connectivity index (χ0n) is 14.5. The van der Waals surface area contributed by atoms with Gasteiger partial charge in [0.1, 0.15) is 0 Å². The van der Waals surface area contributed by atoms with E-state index in [1.807, 2.05) is 6.92 Å². The number of nitrogens with one attached hydrogen (secondary N) is 1. The first-order valence-corrected chi connectivity index (χ1v) is 9.39. The topological polar surface area (TPSA) is 53.9 Å².